The van der Waals surface area contributed by atoms with E-state index in [4.69, 9.17) is 4.42 Å². The SMILES string of the molecule is CCN(CC)C(CNC(=NC)NC1CCN(C(=O)C(C)C)C1)c1ccco1. The maximum Gasteiger partial charge on any atom is 0.225 e. The molecule has 2 heterocycles. The summed E-state index contributed by atoms with van der Waals surface area (Å²) in [5.74, 6) is 1.99. The summed E-state index contributed by atoms with van der Waals surface area (Å²) >= 11 is 0. The largest absolute Gasteiger partial charge is 0.468 e. The maximum atomic E-state index is 12.2. The fourth-order valence-electron chi connectivity index (χ4n) is 3.58. The van der Waals surface area contributed by atoms with Crippen molar-refractivity contribution >= 4 is 11.9 Å². The van der Waals surface area contributed by atoms with Crippen molar-refractivity contribution in [3.05, 3.63) is 24.2 Å². The van der Waals surface area contributed by atoms with Crippen LogP contribution in [0.2, 0.25) is 0 Å². The normalized spacial score (nSPS) is 19.0. The Hall–Kier alpha value is -2.02. The number of nitrogens with zero attached hydrogens (tertiary/aromatic N) is 3. The molecule has 1 fully saturated rings. The van der Waals surface area contributed by atoms with Gasteiger partial charge in [-0.2, -0.15) is 0 Å². The number of hydrogen-bond donors (Lipinski definition) is 2. The number of carbonyl (C=O) groups excluding carboxylic acids is 1. The minimum absolute atomic E-state index is 0.0457. The van der Waals surface area contributed by atoms with Crippen LogP contribution >= 0.6 is 0 Å². The minimum Gasteiger partial charge on any atom is -0.468 e. The molecule has 1 aromatic heterocycles. The van der Waals surface area contributed by atoms with Gasteiger partial charge in [-0.25, -0.2) is 0 Å². The molecule has 2 N–H and O–H groups in total. The summed E-state index contributed by atoms with van der Waals surface area (Å²) in [5.41, 5.74) is 0. The fourth-order valence-corrected chi connectivity index (χ4v) is 3.58. The van der Waals surface area contributed by atoms with Crippen LogP contribution in [0.5, 0.6) is 0 Å². The first kappa shape index (κ1) is 21.3. The summed E-state index contributed by atoms with van der Waals surface area (Å²) < 4.78 is 5.66. The molecule has 1 aliphatic heterocycles. The monoisotopic (exact) mass is 377 g/mol. The highest BCUT2D eigenvalue weighted by Crippen LogP contribution is 2.20. The maximum absolute atomic E-state index is 12.2. The van der Waals surface area contributed by atoms with E-state index in [0.717, 1.165) is 44.3 Å². The summed E-state index contributed by atoms with van der Waals surface area (Å²) in [4.78, 5) is 20.8. The van der Waals surface area contributed by atoms with Crippen molar-refractivity contribution < 1.29 is 9.21 Å². The van der Waals surface area contributed by atoms with Gasteiger partial charge in [-0.1, -0.05) is 27.7 Å². The van der Waals surface area contributed by atoms with Gasteiger partial charge in [-0.05, 0) is 31.6 Å². The number of furan rings is 1. The molecule has 0 spiro atoms. The number of likely N-dealkylation sites (N-methyl/N-ethyl adjacent to an activating group) is 1. The summed E-state index contributed by atoms with van der Waals surface area (Å²) in [6, 6.07) is 4.33. The van der Waals surface area contributed by atoms with Gasteiger partial charge >= 0.3 is 0 Å². The highest BCUT2D eigenvalue weighted by molar-refractivity contribution is 5.81. The number of nitrogens with one attached hydrogen (secondary N) is 2. The lowest BCUT2D eigenvalue weighted by atomic mass is 10.2. The number of hydrogen-bond acceptors (Lipinski definition) is 4. The van der Waals surface area contributed by atoms with E-state index >= 15 is 0 Å². The number of guanidine groups is 1. The van der Waals surface area contributed by atoms with Crippen molar-refractivity contribution in [3.63, 3.8) is 0 Å². The van der Waals surface area contributed by atoms with Crippen molar-refractivity contribution in [1.29, 1.82) is 0 Å². The van der Waals surface area contributed by atoms with Crippen molar-refractivity contribution in [2.24, 2.45) is 10.9 Å². The summed E-state index contributed by atoms with van der Waals surface area (Å²) in [6.07, 6.45) is 2.66. The average molecular weight is 378 g/mol. The van der Waals surface area contributed by atoms with Crippen LogP contribution in [0, 0.1) is 5.92 Å². The third-order valence-electron chi connectivity index (χ3n) is 5.15. The van der Waals surface area contributed by atoms with E-state index in [2.05, 4.69) is 34.4 Å². The van der Waals surface area contributed by atoms with Crippen LogP contribution < -0.4 is 10.6 Å². The second kappa shape index (κ2) is 10.3. The van der Waals surface area contributed by atoms with Crippen molar-refractivity contribution in [2.45, 2.75) is 46.2 Å². The lowest BCUT2D eigenvalue weighted by Crippen LogP contribution is -2.47. The van der Waals surface area contributed by atoms with Crippen LogP contribution in [0.4, 0.5) is 0 Å². The van der Waals surface area contributed by atoms with Gasteiger partial charge in [0.2, 0.25) is 5.91 Å². The molecule has 1 amide bonds. The highest BCUT2D eigenvalue weighted by Gasteiger charge is 2.28. The standard InChI is InChI=1S/C20H35N5O2/c1-6-24(7-2)17(18-9-8-12-27-18)13-22-20(21-5)23-16-10-11-25(14-16)19(26)15(3)4/h8-9,12,15-17H,6-7,10-11,13-14H2,1-5H3,(H2,21,22,23). The first-order chi connectivity index (χ1) is 13.0. The zero-order valence-electron chi connectivity index (χ0n) is 17.4. The Kier molecular flexibility index (Phi) is 8.16. The Labute approximate surface area is 163 Å². The molecule has 1 aliphatic rings. The fraction of sp³-hybridized carbons (Fsp3) is 0.700. The molecule has 1 aromatic rings. The van der Waals surface area contributed by atoms with Crippen LogP contribution in [0.3, 0.4) is 0 Å². The van der Waals surface area contributed by atoms with Crippen molar-refractivity contribution in [2.75, 3.05) is 39.8 Å². The van der Waals surface area contributed by atoms with E-state index in [-0.39, 0.29) is 23.9 Å². The third kappa shape index (κ3) is 5.73. The molecular weight excluding hydrogens is 342 g/mol. The van der Waals surface area contributed by atoms with Gasteiger partial charge in [0, 0.05) is 38.6 Å². The first-order valence-corrected chi connectivity index (χ1v) is 10.0. The van der Waals surface area contributed by atoms with Gasteiger partial charge in [-0.3, -0.25) is 14.7 Å². The number of amides is 1. The molecule has 2 atom stereocenters. The predicted molar refractivity (Wildman–Crippen MR) is 109 cm³/mol. The summed E-state index contributed by atoms with van der Waals surface area (Å²) in [6.45, 7) is 12.4. The lowest BCUT2D eigenvalue weighted by molar-refractivity contribution is -0.133. The molecule has 0 aliphatic carbocycles. The smallest absolute Gasteiger partial charge is 0.225 e. The van der Waals surface area contributed by atoms with E-state index < -0.39 is 0 Å². The van der Waals surface area contributed by atoms with E-state index in [1.807, 2.05) is 30.9 Å². The summed E-state index contributed by atoms with van der Waals surface area (Å²) in [5, 5.41) is 6.90. The van der Waals surface area contributed by atoms with Gasteiger partial charge < -0.3 is 20.0 Å². The first-order valence-electron chi connectivity index (χ1n) is 10.0. The number of rotatable bonds is 8. The van der Waals surface area contributed by atoms with Gasteiger partial charge in [0.05, 0.1) is 12.3 Å². The van der Waals surface area contributed by atoms with Crippen LogP contribution in [0.15, 0.2) is 27.8 Å². The van der Waals surface area contributed by atoms with Crippen LogP contribution in [-0.2, 0) is 4.79 Å². The molecular formula is C20H35N5O2. The Morgan fingerprint density at radius 2 is 2.15 bits per heavy atom. The van der Waals surface area contributed by atoms with E-state index in [0.29, 0.717) is 6.54 Å². The predicted octanol–water partition coefficient (Wildman–Crippen LogP) is 2.08. The highest BCUT2D eigenvalue weighted by atomic mass is 16.3. The topological polar surface area (TPSA) is 73.1 Å². The van der Waals surface area contributed by atoms with Crippen molar-refractivity contribution in [3.8, 4) is 0 Å². The van der Waals surface area contributed by atoms with E-state index in [1.54, 1.807) is 13.3 Å². The number of likely N-dealkylation sites (tertiary alicyclic amines) is 1. The Bertz CT molecular complexity index is 596. The van der Waals surface area contributed by atoms with Gasteiger partial charge in [0.15, 0.2) is 5.96 Å². The zero-order valence-corrected chi connectivity index (χ0v) is 17.4. The van der Waals surface area contributed by atoms with E-state index in [9.17, 15) is 4.79 Å². The van der Waals surface area contributed by atoms with Gasteiger partial charge in [-0.15, -0.1) is 0 Å². The quantitative estimate of drug-likeness (QED) is 0.536. The Morgan fingerprint density at radius 1 is 1.41 bits per heavy atom. The number of aliphatic imine (C=N–C) groups is 1. The number of carbonyl (C=O) groups is 1. The van der Waals surface area contributed by atoms with Crippen LogP contribution in [-0.4, -0.2) is 67.5 Å². The molecule has 27 heavy (non-hydrogen) atoms. The lowest BCUT2D eigenvalue weighted by Gasteiger charge is -2.29. The second-order valence-corrected chi connectivity index (χ2v) is 7.27. The van der Waals surface area contributed by atoms with Crippen molar-refractivity contribution in [1.82, 2.24) is 20.4 Å². The van der Waals surface area contributed by atoms with Gasteiger partial charge in [0.1, 0.15) is 5.76 Å². The zero-order chi connectivity index (χ0) is 19.8. The molecule has 2 rings (SSSR count). The molecule has 2 unspecified atom stereocenters. The summed E-state index contributed by atoms with van der Waals surface area (Å²) in [7, 11) is 1.78. The average Bonchev–Trinajstić information content (AvgIpc) is 3.35. The molecule has 7 heteroatoms. The van der Waals surface area contributed by atoms with Gasteiger partial charge in [0.25, 0.3) is 0 Å². The Balaban J connectivity index is 1.91. The Morgan fingerprint density at radius 3 is 2.70 bits per heavy atom. The third-order valence-corrected chi connectivity index (χ3v) is 5.15. The molecule has 1 saturated heterocycles. The molecule has 0 radical (unpaired) electrons. The second-order valence-electron chi connectivity index (χ2n) is 7.27. The molecule has 0 aromatic carbocycles. The van der Waals surface area contributed by atoms with Crippen LogP contribution in [0.25, 0.3) is 0 Å². The minimum atomic E-state index is 0.0457. The molecule has 0 bridgehead atoms. The van der Waals surface area contributed by atoms with E-state index in [1.165, 1.54) is 0 Å². The molecule has 7 nitrogen and oxygen atoms in total. The molecule has 0 saturated carbocycles. The molecule has 152 valence electrons. The van der Waals surface area contributed by atoms with Crippen LogP contribution in [0.1, 0.15) is 45.9 Å².